The van der Waals surface area contributed by atoms with E-state index in [2.05, 4.69) is 50.6 Å². The smallest absolute Gasteiger partial charge is 0.226 e. The quantitative estimate of drug-likeness (QED) is 0.777. The van der Waals surface area contributed by atoms with Crippen LogP contribution in [0.4, 0.5) is 0 Å². The van der Waals surface area contributed by atoms with Gasteiger partial charge in [0.05, 0.1) is 0 Å². The predicted molar refractivity (Wildman–Crippen MR) is 97.3 cm³/mol. The van der Waals surface area contributed by atoms with Crippen LogP contribution in [0.15, 0.2) is 12.7 Å². The summed E-state index contributed by atoms with van der Waals surface area (Å²) in [5, 5.41) is 3.25. The monoisotopic (exact) mass is 320 g/mol. The highest BCUT2D eigenvalue weighted by Gasteiger charge is 2.45. The van der Waals surface area contributed by atoms with E-state index in [-0.39, 0.29) is 16.9 Å². The third kappa shape index (κ3) is 4.82. The van der Waals surface area contributed by atoms with Gasteiger partial charge in [0, 0.05) is 11.0 Å². The minimum Gasteiger partial charge on any atom is -0.351 e. The Labute approximate surface area is 142 Å². The molecule has 3 atom stereocenters. The Morgan fingerprint density at radius 2 is 1.96 bits per heavy atom. The number of amides is 1. The molecule has 1 heterocycles. The van der Waals surface area contributed by atoms with E-state index in [9.17, 15) is 4.79 Å². The van der Waals surface area contributed by atoms with Crippen LogP contribution in [-0.4, -0.2) is 36.0 Å². The molecule has 1 N–H and O–H groups in total. The van der Waals surface area contributed by atoms with Crippen molar-refractivity contribution in [2.45, 2.75) is 71.8 Å². The van der Waals surface area contributed by atoms with Gasteiger partial charge in [-0.15, -0.1) is 6.58 Å². The maximum Gasteiger partial charge on any atom is 0.226 e. The second-order valence-electron chi connectivity index (χ2n) is 8.93. The molecule has 0 bridgehead atoms. The van der Waals surface area contributed by atoms with Gasteiger partial charge in [-0.1, -0.05) is 13.0 Å². The van der Waals surface area contributed by atoms with Crippen LogP contribution in [0, 0.1) is 17.3 Å². The standard InChI is InChI=1S/C20H36N2O/c1-6-16-9-10-17(11-14-22-12-7-8-13-22)20(5,15-16)18(23)21-19(2,3)4/h6,16-17H,1,7-15H2,2-5H3,(H,21,23)/t16-,17?,20?/m1/s1. The van der Waals surface area contributed by atoms with E-state index in [0.717, 1.165) is 25.8 Å². The lowest BCUT2D eigenvalue weighted by molar-refractivity contribution is -0.138. The van der Waals surface area contributed by atoms with Gasteiger partial charge in [-0.2, -0.15) is 0 Å². The molecular weight excluding hydrogens is 284 g/mol. The van der Waals surface area contributed by atoms with Crippen molar-refractivity contribution in [1.29, 1.82) is 0 Å². The zero-order valence-electron chi connectivity index (χ0n) is 15.7. The van der Waals surface area contributed by atoms with Gasteiger partial charge in [0.2, 0.25) is 5.91 Å². The minimum absolute atomic E-state index is 0.166. The molecule has 0 radical (unpaired) electrons. The van der Waals surface area contributed by atoms with Gasteiger partial charge >= 0.3 is 0 Å². The molecule has 23 heavy (non-hydrogen) atoms. The van der Waals surface area contributed by atoms with Crippen LogP contribution < -0.4 is 5.32 Å². The van der Waals surface area contributed by atoms with E-state index in [1.807, 2.05) is 0 Å². The number of rotatable bonds is 5. The fourth-order valence-electron chi connectivity index (χ4n) is 4.32. The Morgan fingerprint density at radius 1 is 1.30 bits per heavy atom. The zero-order valence-corrected chi connectivity index (χ0v) is 15.7. The fraction of sp³-hybridized carbons (Fsp3) is 0.850. The second kappa shape index (κ2) is 7.38. The van der Waals surface area contributed by atoms with Crippen LogP contribution in [0.5, 0.6) is 0 Å². The molecular formula is C20H36N2O. The number of nitrogens with one attached hydrogen (secondary N) is 1. The SMILES string of the molecule is C=C[C@@H]1CCC(CCN2CCCC2)C(C)(C(=O)NC(C)(C)C)C1. The Bertz CT molecular complexity index is 420. The molecule has 2 rings (SSSR count). The lowest BCUT2D eigenvalue weighted by Crippen LogP contribution is -2.53. The number of allylic oxidation sites excluding steroid dienone is 1. The fourth-order valence-corrected chi connectivity index (χ4v) is 4.32. The van der Waals surface area contributed by atoms with Gasteiger partial charge < -0.3 is 10.2 Å². The van der Waals surface area contributed by atoms with Crippen molar-refractivity contribution in [3.63, 3.8) is 0 Å². The van der Waals surface area contributed by atoms with E-state index >= 15 is 0 Å². The van der Waals surface area contributed by atoms with Crippen LogP contribution in [0.1, 0.15) is 66.2 Å². The number of hydrogen-bond acceptors (Lipinski definition) is 2. The highest BCUT2D eigenvalue weighted by molar-refractivity contribution is 5.83. The average molecular weight is 321 g/mol. The summed E-state index contributed by atoms with van der Waals surface area (Å²) in [5.74, 6) is 1.21. The van der Waals surface area contributed by atoms with Crippen LogP contribution >= 0.6 is 0 Å². The van der Waals surface area contributed by atoms with Gasteiger partial charge in [0.15, 0.2) is 0 Å². The van der Waals surface area contributed by atoms with E-state index in [1.165, 1.54) is 32.4 Å². The van der Waals surface area contributed by atoms with Crippen LogP contribution in [0.2, 0.25) is 0 Å². The van der Waals surface area contributed by atoms with Crippen LogP contribution in [0.3, 0.4) is 0 Å². The summed E-state index contributed by atoms with van der Waals surface area (Å²) < 4.78 is 0. The highest BCUT2D eigenvalue weighted by Crippen LogP contribution is 2.46. The highest BCUT2D eigenvalue weighted by atomic mass is 16.2. The normalized spacial score (nSPS) is 32.7. The number of nitrogens with zero attached hydrogens (tertiary/aromatic N) is 1. The summed E-state index contributed by atoms with van der Waals surface area (Å²) in [7, 11) is 0. The Kier molecular flexibility index (Phi) is 5.94. The molecule has 0 aromatic heterocycles. The molecule has 2 unspecified atom stereocenters. The summed E-state index contributed by atoms with van der Waals surface area (Å²) in [4.78, 5) is 15.6. The van der Waals surface area contributed by atoms with Gasteiger partial charge in [0.1, 0.15) is 0 Å². The molecule has 1 saturated carbocycles. The molecule has 2 fully saturated rings. The molecule has 1 amide bonds. The summed E-state index contributed by atoms with van der Waals surface area (Å²) in [6.07, 6.45) is 9.17. The first-order valence-electron chi connectivity index (χ1n) is 9.42. The third-order valence-electron chi connectivity index (χ3n) is 5.81. The number of likely N-dealkylation sites (tertiary alicyclic amines) is 1. The molecule has 1 aliphatic carbocycles. The molecule has 0 aromatic carbocycles. The summed E-state index contributed by atoms with van der Waals surface area (Å²) in [6, 6.07) is 0. The average Bonchev–Trinajstić information content (AvgIpc) is 2.97. The summed E-state index contributed by atoms with van der Waals surface area (Å²) in [6.45, 7) is 16.0. The van der Waals surface area contributed by atoms with Gasteiger partial charge in [-0.25, -0.2) is 0 Å². The van der Waals surface area contributed by atoms with Gasteiger partial charge in [-0.3, -0.25) is 4.79 Å². The number of hydrogen-bond donors (Lipinski definition) is 1. The van der Waals surface area contributed by atoms with Crippen molar-refractivity contribution in [1.82, 2.24) is 10.2 Å². The molecule has 3 nitrogen and oxygen atoms in total. The Balaban J connectivity index is 2.06. The predicted octanol–water partition coefficient (Wildman–Crippen LogP) is 4.00. The first-order chi connectivity index (χ1) is 10.7. The van der Waals surface area contributed by atoms with E-state index < -0.39 is 0 Å². The third-order valence-corrected chi connectivity index (χ3v) is 5.81. The number of carbonyl (C=O) groups is 1. The minimum atomic E-state index is -0.260. The van der Waals surface area contributed by atoms with Gasteiger partial charge in [0.25, 0.3) is 0 Å². The zero-order chi connectivity index (χ0) is 17.1. The first kappa shape index (κ1) is 18.5. The van der Waals surface area contributed by atoms with E-state index in [4.69, 9.17) is 0 Å². The van der Waals surface area contributed by atoms with Crippen LogP contribution in [0.25, 0.3) is 0 Å². The first-order valence-corrected chi connectivity index (χ1v) is 9.42. The lowest BCUT2D eigenvalue weighted by atomic mass is 9.62. The van der Waals surface area contributed by atoms with Crippen molar-refractivity contribution in [3.05, 3.63) is 12.7 Å². The van der Waals surface area contributed by atoms with Crippen molar-refractivity contribution >= 4 is 5.91 Å². The summed E-state index contributed by atoms with van der Waals surface area (Å²) in [5.41, 5.74) is -0.426. The molecule has 3 heteroatoms. The molecule has 0 aromatic rings. The van der Waals surface area contributed by atoms with Gasteiger partial charge in [-0.05, 0) is 90.8 Å². The van der Waals surface area contributed by atoms with Crippen molar-refractivity contribution in [3.8, 4) is 0 Å². The van der Waals surface area contributed by atoms with E-state index in [1.54, 1.807) is 0 Å². The van der Waals surface area contributed by atoms with Crippen molar-refractivity contribution in [2.75, 3.05) is 19.6 Å². The largest absolute Gasteiger partial charge is 0.351 e. The maximum absolute atomic E-state index is 13.0. The molecule has 2 aliphatic rings. The van der Waals surface area contributed by atoms with Crippen molar-refractivity contribution in [2.24, 2.45) is 17.3 Å². The molecule has 132 valence electrons. The topological polar surface area (TPSA) is 32.3 Å². The maximum atomic E-state index is 13.0. The molecule has 1 aliphatic heterocycles. The summed E-state index contributed by atoms with van der Waals surface area (Å²) >= 11 is 0. The molecule has 0 spiro atoms. The van der Waals surface area contributed by atoms with Crippen molar-refractivity contribution < 1.29 is 4.79 Å². The van der Waals surface area contributed by atoms with E-state index in [0.29, 0.717) is 11.8 Å². The number of carbonyl (C=O) groups excluding carboxylic acids is 1. The Hall–Kier alpha value is -0.830. The Morgan fingerprint density at radius 3 is 2.52 bits per heavy atom. The lowest BCUT2D eigenvalue weighted by Gasteiger charge is -2.44. The second-order valence-corrected chi connectivity index (χ2v) is 8.93. The molecule has 1 saturated heterocycles. The van der Waals surface area contributed by atoms with Crippen LogP contribution in [-0.2, 0) is 4.79 Å².